The molecule has 4 heterocycles. The van der Waals surface area contributed by atoms with Gasteiger partial charge in [0.1, 0.15) is 11.8 Å². The van der Waals surface area contributed by atoms with E-state index in [2.05, 4.69) is 29.1 Å². The molecule has 142 valence electrons. The number of ether oxygens (including phenoxy) is 1. The van der Waals surface area contributed by atoms with Crippen LogP contribution in [0.25, 0.3) is 22.2 Å². The third kappa shape index (κ3) is 2.87. The monoisotopic (exact) mass is 366 g/mol. The molecule has 3 aromatic heterocycles. The standard InChI is InChI=1S/C21H26N4O2/c1-12-15-10-26-21(2,3)9-14(15)16-17-18(27-20(16)24-12)19(23-11-22-17)25-13-7-5-4-6-8-13/h11,13H,4-10H2,1-3H3,(H,22,23,25). The van der Waals surface area contributed by atoms with E-state index in [-0.39, 0.29) is 5.60 Å². The largest absolute Gasteiger partial charge is 0.432 e. The highest BCUT2D eigenvalue weighted by Crippen LogP contribution is 2.39. The normalized spacial score (nSPS) is 20.1. The minimum absolute atomic E-state index is 0.201. The number of aryl methyl sites for hydroxylation is 1. The molecule has 27 heavy (non-hydrogen) atoms. The van der Waals surface area contributed by atoms with Crippen LogP contribution in [0.5, 0.6) is 0 Å². The van der Waals surface area contributed by atoms with Gasteiger partial charge in [-0.2, -0.15) is 0 Å². The van der Waals surface area contributed by atoms with Crippen molar-refractivity contribution < 1.29 is 9.15 Å². The third-order valence-electron chi connectivity index (χ3n) is 5.98. The maximum Gasteiger partial charge on any atom is 0.229 e. The lowest BCUT2D eigenvalue weighted by Crippen LogP contribution is -2.32. The summed E-state index contributed by atoms with van der Waals surface area (Å²) in [5, 5.41) is 4.62. The van der Waals surface area contributed by atoms with Crippen LogP contribution in [-0.4, -0.2) is 26.6 Å². The number of furan rings is 1. The van der Waals surface area contributed by atoms with Crippen LogP contribution in [0, 0.1) is 6.92 Å². The van der Waals surface area contributed by atoms with Gasteiger partial charge in [-0.15, -0.1) is 0 Å². The van der Waals surface area contributed by atoms with E-state index in [1.807, 2.05) is 6.92 Å². The fourth-order valence-corrected chi connectivity index (χ4v) is 4.51. The minimum Gasteiger partial charge on any atom is -0.432 e. The summed E-state index contributed by atoms with van der Waals surface area (Å²) in [4.78, 5) is 13.8. The Morgan fingerprint density at radius 1 is 1.11 bits per heavy atom. The molecule has 0 unspecified atom stereocenters. The van der Waals surface area contributed by atoms with Gasteiger partial charge in [0.15, 0.2) is 11.4 Å². The summed E-state index contributed by atoms with van der Waals surface area (Å²) < 4.78 is 12.2. The number of aromatic nitrogens is 3. The number of hydrogen-bond donors (Lipinski definition) is 1. The van der Waals surface area contributed by atoms with Gasteiger partial charge < -0.3 is 14.5 Å². The number of nitrogens with one attached hydrogen (secondary N) is 1. The molecule has 3 aromatic rings. The fraction of sp³-hybridized carbons (Fsp3) is 0.571. The Bertz CT molecular complexity index is 1020. The molecule has 0 bridgehead atoms. The molecule has 0 aromatic carbocycles. The lowest BCUT2D eigenvalue weighted by atomic mass is 9.89. The predicted octanol–water partition coefficient (Wildman–Crippen LogP) is 4.68. The summed E-state index contributed by atoms with van der Waals surface area (Å²) in [5.41, 5.74) is 5.45. The molecule has 0 amide bonds. The van der Waals surface area contributed by atoms with Crippen molar-refractivity contribution in [2.45, 2.75) is 77.5 Å². The zero-order chi connectivity index (χ0) is 18.6. The number of anilines is 1. The Morgan fingerprint density at radius 2 is 1.93 bits per heavy atom. The van der Waals surface area contributed by atoms with Crippen molar-refractivity contribution in [3.8, 4) is 0 Å². The number of hydrogen-bond acceptors (Lipinski definition) is 6. The van der Waals surface area contributed by atoms with Gasteiger partial charge in [-0.25, -0.2) is 15.0 Å². The summed E-state index contributed by atoms with van der Waals surface area (Å²) in [7, 11) is 0. The summed E-state index contributed by atoms with van der Waals surface area (Å²) >= 11 is 0. The number of rotatable bonds is 2. The van der Waals surface area contributed by atoms with E-state index in [0.717, 1.165) is 34.4 Å². The highest BCUT2D eigenvalue weighted by Gasteiger charge is 2.31. The first kappa shape index (κ1) is 16.9. The van der Waals surface area contributed by atoms with Gasteiger partial charge in [0.2, 0.25) is 5.71 Å². The Kier molecular flexibility index (Phi) is 3.86. The van der Waals surface area contributed by atoms with Crippen molar-refractivity contribution in [2.24, 2.45) is 0 Å². The average Bonchev–Trinajstić information content (AvgIpc) is 3.01. The molecule has 6 heteroatoms. The molecule has 1 aliphatic carbocycles. The maximum absolute atomic E-state index is 6.20. The number of fused-ring (bicyclic) bond motifs is 5. The highest BCUT2D eigenvalue weighted by molar-refractivity contribution is 6.06. The first-order valence-electron chi connectivity index (χ1n) is 9.98. The second kappa shape index (κ2) is 6.16. The Balaban J connectivity index is 1.68. The summed E-state index contributed by atoms with van der Waals surface area (Å²) in [5.74, 6) is 0.794. The van der Waals surface area contributed by atoms with Crippen LogP contribution in [0.4, 0.5) is 5.82 Å². The van der Waals surface area contributed by atoms with E-state index in [0.29, 0.717) is 18.4 Å². The molecule has 0 atom stereocenters. The Morgan fingerprint density at radius 3 is 2.74 bits per heavy atom. The predicted molar refractivity (Wildman–Crippen MR) is 105 cm³/mol. The third-order valence-corrected chi connectivity index (χ3v) is 5.98. The topological polar surface area (TPSA) is 73.1 Å². The van der Waals surface area contributed by atoms with E-state index in [9.17, 15) is 0 Å². The SMILES string of the molecule is Cc1nc2oc3c(NC4CCCCC4)ncnc3c2c2c1COC(C)(C)C2. The molecule has 0 radical (unpaired) electrons. The van der Waals surface area contributed by atoms with Crippen molar-refractivity contribution in [3.05, 3.63) is 23.1 Å². The first-order chi connectivity index (χ1) is 13.0. The van der Waals surface area contributed by atoms with E-state index < -0.39 is 0 Å². The molecule has 1 fully saturated rings. The van der Waals surface area contributed by atoms with Gasteiger partial charge >= 0.3 is 0 Å². The second-order valence-corrected chi connectivity index (χ2v) is 8.54. The highest BCUT2D eigenvalue weighted by atomic mass is 16.5. The fourth-order valence-electron chi connectivity index (χ4n) is 4.51. The van der Waals surface area contributed by atoms with E-state index >= 15 is 0 Å². The average molecular weight is 366 g/mol. The molecule has 1 aliphatic heterocycles. The van der Waals surface area contributed by atoms with Crippen LogP contribution >= 0.6 is 0 Å². The molecule has 0 spiro atoms. The zero-order valence-corrected chi connectivity index (χ0v) is 16.3. The van der Waals surface area contributed by atoms with Crippen LogP contribution in [0.3, 0.4) is 0 Å². The molecule has 5 rings (SSSR count). The minimum atomic E-state index is -0.201. The van der Waals surface area contributed by atoms with E-state index in [1.54, 1.807) is 6.33 Å². The number of nitrogens with zero attached hydrogens (tertiary/aromatic N) is 3. The molecule has 0 saturated heterocycles. The molecular formula is C21H26N4O2. The maximum atomic E-state index is 6.20. The Labute approximate surface area is 158 Å². The zero-order valence-electron chi connectivity index (χ0n) is 16.3. The summed E-state index contributed by atoms with van der Waals surface area (Å²) in [6.07, 6.45) is 8.71. The van der Waals surface area contributed by atoms with Crippen LogP contribution < -0.4 is 5.32 Å². The van der Waals surface area contributed by atoms with Gasteiger partial charge in [0.25, 0.3) is 0 Å². The first-order valence-corrected chi connectivity index (χ1v) is 9.98. The van der Waals surface area contributed by atoms with Gasteiger partial charge in [0, 0.05) is 23.7 Å². The lowest BCUT2D eigenvalue weighted by molar-refractivity contribution is -0.0400. The van der Waals surface area contributed by atoms with E-state index in [1.165, 1.54) is 43.2 Å². The van der Waals surface area contributed by atoms with Crippen molar-refractivity contribution in [2.75, 3.05) is 5.32 Å². The van der Waals surface area contributed by atoms with Crippen LogP contribution in [-0.2, 0) is 17.8 Å². The van der Waals surface area contributed by atoms with Gasteiger partial charge in [0.05, 0.1) is 17.6 Å². The summed E-state index contributed by atoms with van der Waals surface area (Å²) in [6, 6.07) is 0.459. The van der Waals surface area contributed by atoms with Crippen molar-refractivity contribution in [1.82, 2.24) is 15.0 Å². The molecule has 1 saturated carbocycles. The van der Waals surface area contributed by atoms with Crippen LogP contribution in [0.2, 0.25) is 0 Å². The smallest absolute Gasteiger partial charge is 0.229 e. The van der Waals surface area contributed by atoms with E-state index in [4.69, 9.17) is 14.1 Å². The summed E-state index contributed by atoms with van der Waals surface area (Å²) in [6.45, 7) is 6.87. The molecule has 6 nitrogen and oxygen atoms in total. The molecule has 2 aliphatic rings. The van der Waals surface area contributed by atoms with Crippen molar-refractivity contribution >= 4 is 28.0 Å². The second-order valence-electron chi connectivity index (χ2n) is 8.54. The van der Waals surface area contributed by atoms with Crippen molar-refractivity contribution in [3.63, 3.8) is 0 Å². The van der Waals surface area contributed by atoms with Crippen molar-refractivity contribution in [1.29, 1.82) is 0 Å². The van der Waals surface area contributed by atoms with Gasteiger partial charge in [-0.1, -0.05) is 19.3 Å². The van der Waals surface area contributed by atoms with Gasteiger partial charge in [-0.05, 0) is 39.2 Å². The molecular weight excluding hydrogens is 340 g/mol. The lowest BCUT2D eigenvalue weighted by Gasteiger charge is -2.32. The van der Waals surface area contributed by atoms with Gasteiger partial charge in [-0.3, -0.25) is 0 Å². The Hall–Kier alpha value is -2.21. The quantitative estimate of drug-likeness (QED) is 0.710. The molecule has 1 N–H and O–H groups in total. The van der Waals surface area contributed by atoms with Crippen LogP contribution in [0.1, 0.15) is 62.8 Å². The van der Waals surface area contributed by atoms with Crippen LogP contribution in [0.15, 0.2) is 10.7 Å². The number of pyridine rings is 1.